The lowest BCUT2D eigenvalue weighted by Gasteiger charge is -2.08. The predicted molar refractivity (Wildman–Crippen MR) is 82.6 cm³/mol. The van der Waals surface area contributed by atoms with Gasteiger partial charge in [0.05, 0.1) is 0 Å². The second-order valence-electron chi connectivity index (χ2n) is 3.96. The van der Waals surface area contributed by atoms with Gasteiger partial charge >= 0.3 is 0 Å². The highest BCUT2D eigenvalue weighted by Crippen LogP contribution is 2.35. The van der Waals surface area contributed by atoms with Crippen molar-refractivity contribution in [1.82, 2.24) is 15.0 Å². The van der Waals surface area contributed by atoms with E-state index in [0.717, 1.165) is 25.5 Å². The minimum atomic E-state index is 0.231. The number of halogens is 2. The molecule has 3 aromatic rings. The molecule has 0 aliphatic rings. The van der Waals surface area contributed by atoms with E-state index in [0.29, 0.717) is 5.65 Å². The zero-order valence-electron chi connectivity index (χ0n) is 9.64. The molecule has 1 aromatic carbocycles. The summed E-state index contributed by atoms with van der Waals surface area (Å²) in [5.74, 6) is 0.231. The lowest BCUT2D eigenvalue weighted by molar-refractivity contribution is 1.20. The van der Waals surface area contributed by atoms with E-state index in [1.54, 1.807) is 12.4 Å². The molecular formula is C13H8Br2N4. The molecule has 0 amide bonds. The van der Waals surface area contributed by atoms with Crippen LogP contribution in [0.5, 0.6) is 0 Å². The first kappa shape index (κ1) is 12.5. The van der Waals surface area contributed by atoms with Crippen LogP contribution in [0, 0.1) is 0 Å². The van der Waals surface area contributed by atoms with Gasteiger partial charge in [0.25, 0.3) is 0 Å². The number of hydrogen-bond acceptors (Lipinski definition) is 4. The molecule has 19 heavy (non-hydrogen) atoms. The van der Waals surface area contributed by atoms with E-state index >= 15 is 0 Å². The zero-order chi connectivity index (χ0) is 13.4. The third kappa shape index (κ3) is 2.33. The molecule has 0 aliphatic heterocycles. The van der Waals surface area contributed by atoms with Crippen LogP contribution in [-0.2, 0) is 0 Å². The van der Waals surface area contributed by atoms with Gasteiger partial charge in [-0.05, 0) is 18.2 Å². The van der Waals surface area contributed by atoms with Crippen LogP contribution in [0.1, 0.15) is 0 Å². The molecule has 3 rings (SSSR count). The van der Waals surface area contributed by atoms with E-state index in [2.05, 4.69) is 46.8 Å². The lowest BCUT2D eigenvalue weighted by Crippen LogP contribution is -1.96. The fourth-order valence-electron chi connectivity index (χ4n) is 1.85. The molecule has 0 unspecified atom stereocenters. The Labute approximate surface area is 126 Å². The van der Waals surface area contributed by atoms with Gasteiger partial charge in [-0.15, -0.1) is 0 Å². The van der Waals surface area contributed by atoms with Crippen LogP contribution in [0.25, 0.3) is 22.2 Å². The topological polar surface area (TPSA) is 64.7 Å². The molecule has 0 fully saturated rings. The normalized spacial score (nSPS) is 10.8. The van der Waals surface area contributed by atoms with Gasteiger partial charge in [0.2, 0.25) is 5.95 Å². The Morgan fingerprint density at radius 1 is 1.00 bits per heavy atom. The molecule has 0 spiro atoms. The highest BCUT2D eigenvalue weighted by atomic mass is 79.9. The Kier molecular flexibility index (Phi) is 3.20. The molecule has 2 aromatic heterocycles. The van der Waals surface area contributed by atoms with E-state index in [4.69, 9.17) is 5.73 Å². The summed E-state index contributed by atoms with van der Waals surface area (Å²) in [6.07, 6.45) is 3.46. The number of anilines is 1. The molecule has 94 valence electrons. The number of benzene rings is 1. The average molecular weight is 380 g/mol. The summed E-state index contributed by atoms with van der Waals surface area (Å²) in [5, 5.41) is 0.856. The van der Waals surface area contributed by atoms with Gasteiger partial charge in [-0.2, -0.15) is 4.98 Å². The zero-order valence-corrected chi connectivity index (χ0v) is 12.8. The highest BCUT2D eigenvalue weighted by molar-refractivity contribution is 9.11. The van der Waals surface area contributed by atoms with Crippen molar-refractivity contribution in [2.45, 2.75) is 0 Å². The molecule has 4 nitrogen and oxygen atoms in total. The fraction of sp³-hybridized carbons (Fsp3) is 0. The maximum atomic E-state index is 5.54. The van der Waals surface area contributed by atoms with Gasteiger partial charge < -0.3 is 5.73 Å². The number of nitrogen functional groups attached to an aromatic ring is 1. The van der Waals surface area contributed by atoms with Gasteiger partial charge in [0, 0.05) is 37.9 Å². The van der Waals surface area contributed by atoms with Crippen LogP contribution < -0.4 is 5.73 Å². The number of aromatic nitrogens is 3. The van der Waals surface area contributed by atoms with E-state index in [1.165, 1.54) is 0 Å². The summed E-state index contributed by atoms with van der Waals surface area (Å²) in [5.41, 5.74) is 8.18. The average Bonchev–Trinajstić information content (AvgIpc) is 2.38. The molecule has 0 bridgehead atoms. The first-order valence-electron chi connectivity index (χ1n) is 5.48. The van der Waals surface area contributed by atoms with Crippen molar-refractivity contribution in [2.24, 2.45) is 0 Å². The molecule has 6 heteroatoms. The predicted octanol–water partition coefficient (Wildman–Crippen LogP) is 3.80. The van der Waals surface area contributed by atoms with Gasteiger partial charge in [0.15, 0.2) is 5.65 Å². The van der Waals surface area contributed by atoms with Crippen molar-refractivity contribution in [1.29, 1.82) is 0 Å². The second-order valence-corrected chi connectivity index (χ2v) is 5.67. The summed E-state index contributed by atoms with van der Waals surface area (Å²) in [4.78, 5) is 12.4. The van der Waals surface area contributed by atoms with Crippen molar-refractivity contribution in [2.75, 3.05) is 5.73 Å². The molecule has 0 atom stereocenters. The monoisotopic (exact) mass is 378 g/mol. The van der Waals surface area contributed by atoms with E-state index < -0.39 is 0 Å². The maximum absolute atomic E-state index is 5.54. The Morgan fingerprint density at radius 2 is 1.74 bits per heavy atom. The smallest absolute Gasteiger partial charge is 0.222 e. The van der Waals surface area contributed by atoms with Crippen molar-refractivity contribution >= 4 is 48.8 Å². The van der Waals surface area contributed by atoms with Gasteiger partial charge in [-0.25, -0.2) is 9.97 Å². The maximum Gasteiger partial charge on any atom is 0.222 e. The molecular weight excluding hydrogens is 372 g/mol. The first-order chi connectivity index (χ1) is 9.15. The number of nitrogens with zero attached hydrogens (tertiary/aromatic N) is 3. The Bertz CT molecular complexity index is 753. The van der Waals surface area contributed by atoms with Gasteiger partial charge in [0.1, 0.15) is 0 Å². The molecule has 0 radical (unpaired) electrons. The largest absolute Gasteiger partial charge is 0.368 e. The Hall–Kier alpha value is -1.53. The third-order valence-electron chi connectivity index (χ3n) is 2.70. The number of fused-ring (bicyclic) bond motifs is 1. The number of hydrogen-bond donors (Lipinski definition) is 1. The number of rotatable bonds is 1. The molecule has 0 aliphatic carbocycles. The Balaban J connectivity index is 2.24. The SMILES string of the molecule is Nc1ncc2cc(-c3c(Br)cccc3Br)cnc2n1. The van der Waals surface area contributed by atoms with Gasteiger partial charge in [-0.3, -0.25) is 0 Å². The van der Waals surface area contributed by atoms with Crippen LogP contribution in [-0.4, -0.2) is 15.0 Å². The fourth-order valence-corrected chi connectivity index (χ4v) is 3.30. The molecule has 2 N–H and O–H groups in total. The van der Waals surface area contributed by atoms with Crippen LogP contribution in [0.15, 0.2) is 45.6 Å². The van der Waals surface area contributed by atoms with Crippen molar-refractivity contribution in [3.05, 3.63) is 45.6 Å². The Morgan fingerprint density at radius 3 is 2.47 bits per heavy atom. The summed E-state index contributed by atoms with van der Waals surface area (Å²) in [6.45, 7) is 0. The van der Waals surface area contributed by atoms with E-state index in [1.807, 2.05) is 24.3 Å². The summed E-state index contributed by atoms with van der Waals surface area (Å²) in [6, 6.07) is 7.94. The number of nitrogens with two attached hydrogens (primary N) is 1. The van der Waals surface area contributed by atoms with E-state index in [-0.39, 0.29) is 5.95 Å². The van der Waals surface area contributed by atoms with Crippen LogP contribution >= 0.6 is 31.9 Å². The minimum absolute atomic E-state index is 0.231. The molecule has 0 saturated heterocycles. The van der Waals surface area contributed by atoms with E-state index in [9.17, 15) is 0 Å². The third-order valence-corrected chi connectivity index (χ3v) is 4.02. The molecule has 0 saturated carbocycles. The lowest BCUT2D eigenvalue weighted by atomic mass is 10.1. The summed E-state index contributed by atoms with van der Waals surface area (Å²) >= 11 is 7.10. The van der Waals surface area contributed by atoms with Gasteiger partial charge in [-0.1, -0.05) is 37.9 Å². The van der Waals surface area contributed by atoms with Crippen molar-refractivity contribution in [3.63, 3.8) is 0 Å². The second kappa shape index (κ2) is 4.86. The first-order valence-corrected chi connectivity index (χ1v) is 7.06. The summed E-state index contributed by atoms with van der Waals surface area (Å²) < 4.78 is 2.00. The highest BCUT2D eigenvalue weighted by Gasteiger charge is 2.09. The standard InChI is InChI=1S/C13H8Br2N4/c14-9-2-1-3-10(15)11(9)7-4-8-6-18-13(16)19-12(8)17-5-7/h1-6H,(H2,16,17,18,19). The van der Waals surface area contributed by atoms with Crippen LogP contribution in [0.3, 0.4) is 0 Å². The van der Waals surface area contributed by atoms with Crippen molar-refractivity contribution in [3.8, 4) is 11.1 Å². The molecule has 2 heterocycles. The quantitative estimate of drug-likeness (QED) is 0.698. The van der Waals surface area contributed by atoms with Crippen LogP contribution in [0.2, 0.25) is 0 Å². The van der Waals surface area contributed by atoms with Crippen LogP contribution in [0.4, 0.5) is 5.95 Å². The summed E-state index contributed by atoms with van der Waals surface area (Å²) in [7, 11) is 0. The minimum Gasteiger partial charge on any atom is -0.368 e. The van der Waals surface area contributed by atoms with Crippen molar-refractivity contribution < 1.29 is 0 Å². The number of pyridine rings is 1.